The first kappa shape index (κ1) is 41.6. The number of hydrogen-bond donors (Lipinski definition) is 4. The second-order valence-corrected chi connectivity index (χ2v) is 18.5. The molecule has 4 fully saturated rings. The number of aliphatic hydroxyl groups is 2. The van der Waals surface area contributed by atoms with Crippen molar-refractivity contribution in [1.82, 2.24) is 5.32 Å². The van der Waals surface area contributed by atoms with E-state index in [-0.39, 0.29) is 53.1 Å². The highest BCUT2D eigenvalue weighted by molar-refractivity contribution is 5.76. The van der Waals surface area contributed by atoms with E-state index in [1.807, 2.05) is 0 Å². The van der Waals surface area contributed by atoms with Gasteiger partial charge < -0.3 is 20.6 Å². The quantitative estimate of drug-likeness (QED) is 0.0794. The minimum Gasteiger partial charge on any atom is -0.481 e. The Kier molecular flexibility index (Phi) is 16.9. The highest BCUT2D eigenvalue weighted by atomic mass is 16.4. The van der Waals surface area contributed by atoms with Gasteiger partial charge in [-0.15, -0.1) is 0 Å². The number of hydrogen-bond acceptors (Lipinski definition) is 4. The van der Waals surface area contributed by atoms with Gasteiger partial charge >= 0.3 is 5.97 Å². The molecule has 0 radical (unpaired) electrons. The SMILES string of the molecule is CCCCCCCCCCCCCCCCCCCC(=O)N[C@H]1CC[C@]2(C)C3C[C@H](O)[C@@]4(C)C(CC[C@@H]4C(C)CCC(=O)O)C3[C@H](O)C[C@@H]2C1. The Balaban J connectivity index is 1.10. The Labute approximate surface area is 307 Å². The molecule has 4 saturated carbocycles. The number of aliphatic hydroxyl groups excluding tert-OH is 2. The number of carbonyl (C=O) groups is 2. The molecular formula is C44H79NO5. The van der Waals surface area contributed by atoms with Crippen LogP contribution >= 0.6 is 0 Å². The molecule has 290 valence electrons. The summed E-state index contributed by atoms with van der Waals surface area (Å²) in [5.41, 5.74) is -0.186. The number of nitrogens with one attached hydrogen (secondary N) is 1. The van der Waals surface area contributed by atoms with E-state index in [4.69, 9.17) is 0 Å². The Bertz CT molecular complexity index is 1020. The molecule has 4 aliphatic rings. The van der Waals surface area contributed by atoms with Gasteiger partial charge in [-0.05, 0) is 104 Å². The van der Waals surface area contributed by atoms with Crippen LogP contribution in [0.1, 0.15) is 201 Å². The van der Waals surface area contributed by atoms with Gasteiger partial charge in [0.15, 0.2) is 0 Å². The third kappa shape index (κ3) is 10.7. The van der Waals surface area contributed by atoms with Gasteiger partial charge in [-0.1, -0.05) is 130 Å². The minimum atomic E-state index is -0.746. The van der Waals surface area contributed by atoms with Gasteiger partial charge in [0.1, 0.15) is 0 Å². The summed E-state index contributed by atoms with van der Waals surface area (Å²) < 4.78 is 0. The van der Waals surface area contributed by atoms with E-state index in [0.29, 0.717) is 30.6 Å². The van der Waals surface area contributed by atoms with Crippen LogP contribution in [0.5, 0.6) is 0 Å². The highest BCUT2D eigenvalue weighted by Gasteiger charge is 2.65. The third-order valence-electron chi connectivity index (χ3n) is 15.2. The molecular weight excluding hydrogens is 622 g/mol. The molecule has 0 aromatic heterocycles. The fraction of sp³-hybridized carbons (Fsp3) is 0.955. The first-order valence-corrected chi connectivity index (χ1v) is 21.9. The van der Waals surface area contributed by atoms with Crippen molar-refractivity contribution in [1.29, 1.82) is 0 Å². The molecule has 0 saturated heterocycles. The maximum atomic E-state index is 13.0. The number of aliphatic carboxylic acids is 1. The van der Waals surface area contributed by atoms with E-state index in [2.05, 4.69) is 33.0 Å². The Morgan fingerprint density at radius 3 is 1.84 bits per heavy atom. The van der Waals surface area contributed by atoms with Crippen LogP contribution in [-0.2, 0) is 9.59 Å². The summed E-state index contributed by atoms with van der Waals surface area (Å²) in [5, 5.41) is 36.2. The maximum absolute atomic E-state index is 13.0. The van der Waals surface area contributed by atoms with Crippen LogP contribution in [0.15, 0.2) is 0 Å². The molecule has 0 aromatic carbocycles. The molecule has 0 spiro atoms. The molecule has 6 heteroatoms. The monoisotopic (exact) mass is 702 g/mol. The van der Waals surface area contributed by atoms with Gasteiger partial charge in [0.25, 0.3) is 0 Å². The molecule has 11 atom stereocenters. The zero-order valence-electron chi connectivity index (χ0n) is 32.9. The summed E-state index contributed by atoms with van der Waals surface area (Å²) in [5.74, 6) is 1.14. The van der Waals surface area contributed by atoms with Crippen molar-refractivity contribution < 1.29 is 24.9 Å². The van der Waals surface area contributed by atoms with Crippen LogP contribution < -0.4 is 5.32 Å². The number of carbonyl (C=O) groups excluding carboxylic acids is 1. The van der Waals surface area contributed by atoms with Crippen molar-refractivity contribution in [3.05, 3.63) is 0 Å². The molecule has 0 aliphatic heterocycles. The summed E-state index contributed by atoms with van der Waals surface area (Å²) in [6.45, 7) is 9.13. The summed E-state index contributed by atoms with van der Waals surface area (Å²) in [6.07, 6.45) is 30.1. The second kappa shape index (κ2) is 20.4. The molecule has 50 heavy (non-hydrogen) atoms. The molecule has 0 heterocycles. The van der Waals surface area contributed by atoms with Gasteiger partial charge in [0, 0.05) is 18.9 Å². The van der Waals surface area contributed by atoms with Crippen molar-refractivity contribution in [2.75, 3.05) is 0 Å². The topological polar surface area (TPSA) is 107 Å². The zero-order valence-corrected chi connectivity index (χ0v) is 32.9. The van der Waals surface area contributed by atoms with Crippen LogP contribution in [0.2, 0.25) is 0 Å². The van der Waals surface area contributed by atoms with Crippen LogP contribution in [0, 0.1) is 46.3 Å². The minimum absolute atomic E-state index is 0.0774. The lowest BCUT2D eigenvalue weighted by molar-refractivity contribution is -0.202. The number of carboxylic acid groups (broad SMARTS) is 1. The van der Waals surface area contributed by atoms with Crippen molar-refractivity contribution in [3.8, 4) is 0 Å². The van der Waals surface area contributed by atoms with Crippen LogP contribution in [0.25, 0.3) is 0 Å². The number of unbranched alkanes of at least 4 members (excludes halogenated alkanes) is 16. The summed E-state index contributed by atoms with van der Waals surface area (Å²) >= 11 is 0. The smallest absolute Gasteiger partial charge is 0.303 e. The lowest BCUT2D eigenvalue weighted by Gasteiger charge is -2.63. The lowest BCUT2D eigenvalue weighted by Crippen LogP contribution is -2.63. The van der Waals surface area contributed by atoms with Crippen molar-refractivity contribution in [2.24, 2.45) is 46.3 Å². The second-order valence-electron chi connectivity index (χ2n) is 18.5. The molecule has 4 unspecified atom stereocenters. The van der Waals surface area contributed by atoms with Crippen molar-refractivity contribution in [3.63, 3.8) is 0 Å². The van der Waals surface area contributed by atoms with E-state index in [0.717, 1.165) is 57.8 Å². The van der Waals surface area contributed by atoms with Crippen LogP contribution in [-0.4, -0.2) is 45.4 Å². The van der Waals surface area contributed by atoms with E-state index in [1.54, 1.807) is 0 Å². The van der Waals surface area contributed by atoms with Gasteiger partial charge in [-0.3, -0.25) is 9.59 Å². The third-order valence-corrected chi connectivity index (χ3v) is 15.2. The van der Waals surface area contributed by atoms with Crippen LogP contribution in [0.4, 0.5) is 0 Å². The molecule has 6 nitrogen and oxygen atoms in total. The van der Waals surface area contributed by atoms with Crippen molar-refractivity contribution >= 4 is 11.9 Å². The van der Waals surface area contributed by atoms with Gasteiger partial charge in [0.05, 0.1) is 12.2 Å². The predicted octanol–water partition coefficient (Wildman–Crippen LogP) is 10.6. The fourth-order valence-electron chi connectivity index (χ4n) is 12.1. The largest absolute Gasteiger partial charge is 0.481 e. The van der Waals surface area contributed by atoms with Gasteiger partial charge in [-0.2, -0.15) is 0 Å². The van der Waals surface area contributed by atoms with Gasteiger partial charge in [0.2, 0.25) is 5.91 Å². The van der Waals surface area contributed by atoms with E-state index in [9.17, 15) is 24.9 Å². The van der Waals surface area contributed by atoms with Crippen LogP contribution in [0.3, 0.4) is 0 Å². The summed E-state index contributed by atoms with van der Waals surface area (Å²) in [4.78, 5) is 24.2. The van der Waals surface area contributed by atoms with E-state index in [1.165, 1.54) is 96.3 Å². The highest BCUT2D eigenvalue weighted by Crippen LogP contribution is 2.68. The lowest BCUT2D eigenvalue weighted by atomic mass is 9.43. The molecule has 1 amide bonds. The van der Waals surface area contributed by atoms with Crippen molar-refractivity contribution in [2.45, 2.75) is 219 Å². The Hall–Kier alpha value is -1.14. The fourth-order valence-corrected chi connectivity index (χ4v) is 12.1. The molecule has 0 aromatic rings. The first-order valence-electron chi connectivity index (χ1n) is 21.9. The Morgan fingerprint density at radius 2 is 1.28 bits per heavy atom. The number of fused-ring (bicyclic) bond motifs is 5. The maximum Gasteiger partial charge on any atom is 0.303 e. The average Bonchev–Trinajstić information content (AvgIpc) is 3.44. The molecule has 4 rings (SSSR count). The number of rotatable bonds is 23. The average molecular weight is 702 g/mol. The standard InChI is InChI=1S/C44H79NO5/c1-5-6-7-8-9-10-11-12-13-14-15-16-17-18-19-20-21-22-40(48)45-34-27-28-43(3)33(29-34)30-38(46)42-36-25-24-35(32(2)23-26-41(49)50)44(36,4)39(47)31-37(42)43/h32-39,42,46-47H,5-31H2,1-4H3,(H,45,48)(H,49,50)/t32?,33-,34-,35+,36?,37?,38+,39-,42?,43-,44+/m0/s1. The van der Waals surface area contributed by atoms with E-state index >= 15 is 0 Å². The number of amides is 1. The zero-order chi connectivity index (χ0) is 36.1. The summed E-state index contributed by atoms with van der Waals surface area (Å²) in [6, 6.07) is 0.194. The van der Waals surface area contributed by atoms with Gasteiger partial charge in [-0.25, -0.2) is 0 Å². The predicted molar refractivity (Wildman–Crippen MR) is 205 cm³/mol. The first-order chi connectivity index (χ1) is 24.0. The molecule has 0 bridgehead atoms. The molecule has 4 aliphatic carbocycles. The Morgan fingerprint density at radius 1 is 0.720 bits per heavy atom. The molecule has 4 N–H and O–H groups in total. The van der Waals surface area contributed by atoms with E-state index < -0.39 is 12.1 Å². The summed E-state index contributed by atoms with van der Waals surface area (Å²) in [7, 11) is 0. The number of carboxylic acids is 1. The normalized spacial score (nSPS) is 35.6.